The Morgan fingerprint density at radius 2 is 1.76 bits per heavy atom. The maximum atomic E-state index is 13.2. The van der Waals surface area contributed by atoms with E-state index in [4.69, 9.17) is 4.42 Å². The minimum absolute atomic E-state index is 0.397. The summed E-state index contributed by atoms with van der Waals surface area (Å²) in [5, 5.41) is 9.90. The molecule has 0 aliphatic rings. The Hall–Kier alpha value is -2.29. The van der Waals surface area contributed by atoms with Gasteiger partial charge in [0.05, 0.1) is 0 Å². The van der Waals surface area contributed by atoms with Crippen molar-refractivity contribution in [2.45, 2.75) is 0 Å². The van der Waals surface area contributed by atoms with Crippen LogP contribution in [0, 0.1) is 5.82 Å². The molecule has 1 aromatic heterocycles. The summed E-state index contributed by atoms with van der Waals surface area (Å²) in [6, 6.07) is 13.9. The molecule has 0 bridgehead atoms. The monoisotopic (exact) mass is 228 g/mol. The third-order valence-electron chi connectivity index (χ3n) is 2.64. The van der Waals surface area contributed by atoms with E-state index in [2.05, 4.69) is 0 Å². The highest BCUT2D eigenvalue weighted by Crippen LogP contribution is 2.31. The molecular formula is C14H9FO2. The molecule has 3 rings (SSSR count). The summed E-state index contributed by atoms with van der Waals surface area (Å²) < 4.78 is 18.7. The second-order valence-electron chi connectivity index (χ2n) is 3.82. The quantitative estimate of drug-likeness (QED) is 0.684. The predicted octanol–water partition coefficient (Wildman–Crippen LogP) is 3.94. The van der Waals surface area contributed by atoms with Crippen LogP contribution in [-0.4, -0.2) is 5.11 Å². The fraction of sp³-hybridized carbons (Fsp3) is 0. The fourth-order valence-electron chi connectivity index (χ4n) is 1.79. The van der Waals surface area contributed by atoms with Crippen LogP contribution in [-0.2, 0) is 0 Å². The van der Waals surface area contributed by atoms with E-state index in [0.29, 0.717) is 16.7 Å². The third-order valence-corrected chi connectivity index (χ3v) is 2.64. The van der Waals surface area contributed by atoms with E-state index in [1.165, 1.54) is 12.1 Å². The number of halogens is 1. The lowest BCUT2D eigenvalue weighted by Gasteiger charge is -1.94. The molecule has 0 aliphatic heterocycles. The van der Waals surface area contributed by atoms with Crippen LogP contribution in [0.25, 0.3) is 22.3 Å². The highest BCUT2D eigenvalue weighted by Gasteiger charge is 2.09. The second-order valence-corrected chi connectivity index (χ2v) is 3.82. The third kappa shape index (κ3) is 1.65. The molecule has 2 nitrogen and oxygen atoms in total. The number of furan rings is 1. The van der Waals surface area contributed by atoms with E-state index in [1.807, 2.05) is 30.3 Å². The van der Waals surface area contributed by atoms with Gasteiger partial charge >= 0.3 is 0 Å². The van der Waals surface area contributed by atoms with Crippen molar-refractivity contribution in [2.24, 2.45) is 0 Å². The predicted molar refractivity (Wildman–Crippen MR) is 63.3 cm³/mol. The van der Waals surface area contributed by atoms with Crippen molar-refractivity contribution >= 4 is 11.0 Å². The lowest BCUT2D eigenvalue weighted by atomic mass is 10.1. The zero-order valence-corrected chi connectivity index (χ0v) is 8.85. The lowest BCUT2D eigenvalue weighted by Crippen LogP contribution is -1.73. The minimum Gasteiger partial charge on any atom is -0.505 e. The molecule has 0 amide bonds. The van der Waals surface area contributed by atoms with Crippen LogP contribution >= 0.6 is 0 Å². The minimum atomic E-state index is -0.641. The molecule has 84 valence electrons. The van der Waals surface area contributed by atoms with Crippen LogP contribution in [0.3, 0.4) is 0 Å². The second kappa shape index (κ2) is 3.63. The van der Waals surface area contributed by atoms with Crippen molar-refractivity contribution in [1.29, 1.82) is 0 Å². The van der Waals surface area contributed by atoms with Gasteiger partial charge in [-0.1, -0.05) is 30.3 Å². The Labute approximate surface area is 96.9 Å². The van der Waals surface area contributed by atoms with E-state index in [-0.39, 0.29) is 0 Å². The van der Waals surface area contributed by atoms with Crippen molar-refractivity contribution in [2.75, 3.05) is 0 Å². The zero-order valence-electron chi connectivity index (χ0n) is 8.85. The molecule has 0 fully saturated rings. The number of benzene rings is 2. The normalized spacial score (nSPS) is 10.9. The van der Waals surface area contributed by atoms with E-state index in [1.54, 1.807) is 6.07 Å². The summed E-state index contributed by atoms with van der Waals surface area (Å²) in [5.74, 6) is -0.380. The lowest BCUT2D eigenvalue weighted by molar-refractivity contribution is 0.432. The molecule has 0 saturated heterocycles. The van der Waals surface area contributed by atoms with Crippen molar-refractivity contribution in [1.82, 2.24) is 0 Å². The van der Waals surface area contributed by atoms with Gasteiger partial charge in [0.2, 0.25) is 0 Å². The highest BCUT2D eigenvalue weighted by atomic mass is 19.1. The van der Waals surface area contributed by atoms with Gasteiger partial charge in [-0.25, -0.2) is 4.39 Å². The number of hydrogen-bond donors (Lipinski definition) is 1. The first kappa shape index (κ1) is 9.90. The van der Waals surface area contributed by atoms with Crippen LogP contribution in [0.15, 0.2) is 52.9 Å². The molecule has 0 radical (unpaired) electrons. The van der Waals surface area contributed by atoms with Crippen molar-refractivity contribution in [3.8, 4) is 17.1 Å². The van der Waals surface area contributed by atoms with Crippen molar-refractivity contribution in [3.05, 3.63) is 54.3 Å². The number of hydrogen-bond acceptors (Lipinski definition) is 2. The van der Waals surface area contributed by atoms with Crippen LogP contribution in [0.2, 0.25) is 0 Å². The van der Waals surface area contributed by atoms with Gasteiger partial charge < -0.3 is 9.52 Å². The molecule has 1 heterocycles. The molecule has 3 aromatic rings. The van der Waals surface area contributed by atoms with Gasteiger partial charge in [-0.2, -0.15) is 0 Å². The van der Waals surface area contributed by atoms with Crippen molar-refractivity contribution < 1.29 is 13.9 Å². The van der Waals surface area contributed by atoms with Crippen molar-refractivity contribution in [3.63, 3.8) is 0 Å². The largest absolute Gasteiger partial charge is 0.505 e. The van der Waals surface area contributed by atoms with Crippen LogP contribution in [0.4, 0.5) is 4.39 Å². The maximum absolute atomic E-state index is 13.2. The molecule has 0 unspecified atom stereocenters. The summed E-state index contributed by atoms with van der Waals surface area (Å²) in [4.78, 5) is 0. The first-order valence-corrected chi connectivity index (χ1v) is 5.21. The number of phenols is 1. The van der Waals surface area contributed by atoms with Gasteiger partial charge in [0.15, 0.2) is 11.6 Å². The Morgan fingerprint density at radius 3 is 2.53 bits per heavy atom. The Bertz CT molecular complexity index is 632. The highest BCUT2D eigenvalue weighted by molar-refractivity contribution is 5.84. The van der Waals surface area contributed by atoms with E-state index >= 15 is 0 Å². The number of aromatic hydroxyl groups is 1. The standard InChI is InChI=1S/C14H9FO2/c15-11-6-10-7-13(9-4-2-1-3-5-9)17-14(10)8-12(11)16/h1-8,16H. The molecule has 2 aromatic carbocycles. The smallest absolute Gasteiger partial charge is 0.165 e. The maximum Gasteiger partial charge on any atom is 0.165 e. The van der Waals surface area contributed by atoms with Gasteiger partial charge in [-0.05, 0) is 12.1 Å². The molecule has 1 N–H and O–H groups in total. The van der Waals surface area contributed by atoms with Crippen LogP contribution in [0.1, 0.15) is 0 Å². The van der Waals surface area contributed by atoms with Gasteiger partial charge in [0.1, 0.15) is 11.3 Å². The summed E-state index contributed by atoms with van der Waals surface area (Å²) in [6.07, 6.45) is 0. The first-order chi connectivity index (χ1) is 8.24. The molecule has 17 heavy (non-hydrogen) atoms. The average Bonchev–Trinajstić information content (AvgIpc) is 2.74. The van der Waals surface area contributed by atoms with Gasteiger partial charge in [-0.3, -0.25) is 0 Å². The molecule has 0 atom stereocenters. The molecule has 3 heteroatoms. The van der Waals surface area contributed by atoms with E-state index in [0.717, 1.165) is 5.56 Å². The SMILES string of the molecule is Oc1cc2oc(-c3ccccc3)cc2cc1F. The van der Waals surface area contributed by atoms with Crippen LogP contribution in [0.5, 0.6) is 5.75 Å². The summed E-state index contributed by atoms with van der Waals surface area (Å²) in [7, 11) is 0. The topological polar surface area (TPSA) is 33.4 Å². The summed E-state index contributed by atoms with van der Waals surface area (Å²) in [5.41, 5.74) is 1.39. The zero-order chi connectivity index (χ0) is 11.8. The molecular weight excluding hydrogens is 219 g/mol. The Morgan fingerprint density at radius 1 is 1.00 bits per heavy atom. The summed E-state index contributed by atoms with van der Waals surface area (Å²) in [6.45, 7) is 0. The van der Waals surface area contributed by atoms with E-state index < -0.39 is 11.6 Å². The molecule has 0 aliphatic carbocycles. The van der Waals surface area contributed by atoms with Gasteiger partial charge in [0.25, 0.3) is 0 Å². The number of rotatable bonds is 1. The fourth-order valence-corrected chi connectivity index (χ4v) is 1.79. The Kier molecular flexibility index (Phi) is 2.11. The molecule has 0 spiro atoms. The summed E-state index contributed by atoms with van der Waals surface area (Å²) >= 11 is 0. The number of phenolic OH excluding ortho intramolecular Hbond substituents is 1. The molecule has 0 saturated carbocycles. The Balaban J connectivity index is 2.21. The first-order valence-electron chi connectivity index (χ1n) is 5.21. The van der Waals surface area contributed by atoms with E-state index in [9.17, 15) is 9.50 Å². The van der Waals surface area contributed by atoms with Crippen LogP contribution < -0.4 is 0 Å². The van der Waals surface area contributed by atoms with Gasteiger partial charge in [-0.15, -0.1) is 0 Å². The number of fused-ring (bicyclic) bond motifs is 1. The van der Waals surface area contributed by atoms with Gasteiger partial charge in [0, 0.05) is 17.0 Å². The average molecular weight is 228 g/mol.